The number of oxime groups is 1. The Balaban J connectivity index is 1.47. The van der Waals surface area contributed by atoms with Crippen LogP contribution in [0.4, 0.5) is 10.6 Å². The van der Waals surface area contributed by atoms with Crippen LogP contribution < -0.4 is 10.1 Å². The van der Waals surface area contributed by atoms with Crippen LogP contribution >= 0.6 is 11.6 Å². The molecule has 0 fully saturated rings. The van der Waals surface area contributed by atoms with E-state index in [2.05, 4.69) is 31.0 Å². The van der Waals surface area contributed by atoms with Gasteiger partial charge < -0.3 is 14.3 Å². The summed E-state index contributed by atoms with van der Waals surface area (Å²) >= 11 is 5.94. The van der Waals surface area contributed by atoms with Gasteiger partial charge in [-0.3, -0.25) is 5.32 Å². The van der Waals surface area contributed by atoms with E-state index in [9.17, 15) is 4.79 Å². The van der Waals surface area contributed by atoms with Gasteiger partial charge in [0.25, 0.3) is 0 Å². The van der Waals surface area contributed by atoms with E-state index in [1.54, 1.807) is 82.4 Å². The van der Waals surface area contributed by atoms with Crippen LogP contribution in [0.1, 0.15) is 37.9 Å². The molecular weight excluding hydrogens is 510 g/mol. The first-order valence-corrected chi connectivity index (χ1v) is 12.0. The average molecular weight is 536 g/mol. The van der Waals surface area contributed by atoms with Gasteiger partial charge in [-0.05, 0) is 91.9 Å². The SMILES string of the molecule is Cn1nnnc1/C(=N\OCc1cccc(NC(=O)OC(C)(C)C)n1)c1ccc(Oc2ccc(Cl)cc2)cc1. The number of nitrogens with zero attached hydrogens (tertiary/aromatic N) is 6. The Morgan fingerprint density at radius 1 is 1.03 bits per heavy atom. The van der Waals surface area contributed by atoms with Gasteiger partial charge in [0.15, 0.2) is 12.3 Å². The Labute approximate surface area is 224 Å². The van der Waals surface area contributed by atoms with Crippen molar-refractivity contribution in [1.29, 1.82) is 0 Å². The highest BCUT2D eigenvalue weighted by atomic mass is 35.5. The van der Waals surface area contributed by atoms with Gasteiger partial charge in [0.1, 0.15) is 22.9 Å². The average Bonchev–Trinajstić information content (AvgIpc) is 3.28. The summed E-state index contributed by atoms with van der Waals surface area (Å²) in [5.41, 5.74) is 1.05. The molecule has 0 atom stereocenters. The smallest absolute Gasteiger partial charge is 0.413 e. The zero-order chi connectivity index (χ0) is 27.1. The van der Waals surface area contributed by atoms with Crippen LogP contribution in [0.3, 0.4) is 0 Å². The molecule has 0 spiro atoms. The monoisotopic (exact) mass is 535 g/mol. The number of aromatic nitrogens is 5. The summed E-state index contributed by atoms with van der Waals surface area (Å²) in [5, 5.41) is 19.2. The molecule has 4 rings (SSSR count). The van der Waals surface area contributed by atoms with Crippen molar-refractivity contribution in [2.24, 2.45) is 12.2 Å². The quantitative estimate of drug-likeness (QED) is 0.236. The van der Waals surface area contributed by atoms with Crippen LogP contribution in [-0.2, 0) is 23.2 Å². The Kier molecular flexibility index (Phi) is 8.17. The standard InChI is InChI=1S/C26H26ClN7O4/c1-26(2,3)38-25(35)29-22-7-5-6-19(28-22)16-36-31-23(24-30-32-33-34(24)4)17-8-12-20(13-9-17)37-21-14-10-18(27)11-15-21/h5-15H,16H2,1-4H3,(H,28,29,35)/b31-23-. The maximum Gasteiger partial charge on any atom is 0.413 e. The molecule has 0 saturated heterocycles. The topological polar surface area (TPSA) is 126 Å². The van der Waals surface area contributed by atoms with E-state index < -0.39 is 11.7 Å². The molecule has 0 saturated carbocycles. The van der Waals surface area contributed by atoms with Crippen molar-refractivity contribution in [2.75, 3.05) is 5.32 Å². The molecule has 2 heterocycles. The third-order valence-corrected chi connectivity index (χ3v) is 5.07. The summed E-state index contributed by atoms with van der Waals surface area (Å²) in [6, 6.07) is 19.5. The number of hydrogen-bond donors (Lipinski definition) is 1. The van der Waals surface area contributed by atoms with Crippen molar-refractivity contribution < 1.29 is 19.1 Å². The molecule has 0 aliphatic rings. The molecule has 4 aromatic rings. The predicted octanol–water partition coefficient (Wildman–Crippen LogP) is 5.37. The normalized spacial score (nSPS) is 11.7. The van der Waals surface area contributed by atoms with Gasteiger partial charge in [-0.1, -0.05) is 22.8 Å². The number of pyridine rings is 1. The molecule has 2 aromatic carbocycles. The van der Waals surface area contributed by atoms with Crippen molar-refractivity contribution >= 4 is 29.2 Å². The molecule has 2 aromatic heterocycles. The lowest BCUT2D eigenvalue weighted by Crippen LogP contribution is -2.27. The van der Waals surface area contributed by atoms with Crippen LogP contribution in [0.15, 0.2) is 71.9 Å². The van der Waals surface area contributed by atoms with Crippen molar-refractivity contribution in [3.8, 4) is 11.5 Å². The van der Waals surface area contributed by atoms with E-state index in [-0.39, 0.29) is 6.61 Å². The number of benzene rings is 2. The lowest BCUT2D eigenvalue weighted by molar-refractivity contribution is 0.0635. The van der Waals surface area contributed by atoms with Gasteiger partial charge in [0, 0.05) is 17.6 Å². The highest BCUT2D eigenvalue weighted by molar-refractivity contribution is 6.30. The van der Waals surface area contributed by atoms with E-state index in [0.717, 1.165) is 0 Å². The highest BCUT2D eigenvalue weighted by Gasteiger charge is 2.17. The molecule has 38 heavy (non-hydrogen) atoms. The Morgan fingerprint density at radius 3 is 2.34 bits per heavy atom. The van der Waals surface area contributed by atoms with Gasteiger partial charge >= 0.3 is 6.09 Å². The Bertz CT molecular complexity index is 1410. The number of anilines is 1. The summed E-state index contributed by atoms with van der Waals surface area (Å²) in [4.78, 5) is 22.0. The van der Waals surface area contributed by atoms with E-state index in [1.807, 2.05) is 12.1 Å². The lowest BCUT2D eigenvalue weighted by atomic mass is 10.1. The molecule has 0 aliphatic heterocycles. The number of amides is 1. The van der Waals surface area contributed by atoms with Crippen LogP contribution in [0.2, 0.25) is 5.02 Å². The van der Waals surface area contributed by atoms with Crippen LogP contribution in [0, 0.1) is 0 Å². The summed E-state index contributed by atoms with van der Waals surface area (Å²) in [5.74, 6) is 2.03. The number of halogens is 1. The van der Waals surface area contributed by atoms with Crippen molar-refractivity contribution in [2.45, 2.75) is 33.0 Å². The number of ether oxygens (including phenoxy) is 2. The summed E-state index contributed by atoms with van der Waals surface area (Å²) < 4.78 is 12.6. The minimum Gasteiger partial charge on any atom is -0.457 e. The molecule has 0 aliphatic carbocycles. The maximum atomic E-state index is 12.0. The molecule has 12 heteroatoms. The molecule has 0 radical (unpaired) electrons. The number of nitrogens with one attached hydrogen (secondary N) is 1. The molecule has 0 unspecified atom stereocenters. The number of carbonyl (C=O) groups excluding carboxylic acids is 1. The molecule has 0 bridgehead atoms. The lowest BCUT2D eigenvalue weighted by Gasteiger charge is -2.19. The second-order valence-electron chi connectivity index (χ2n) is 9.06. The van der Waals surface area contributed by atoms with Gasteiger partial charge in [-0.15, -0.1) is 5.10 Å². The molecule has 11 nitrogen and oxygen atoms in total. The summed E-state index contributed by atoms with van der Waals surface area (Å²) in [6.45, 7) is 5.39. The molecule has 1 N–H and O–H groups in total. The van der Waals surface area contributed by atoms with Crippen molar-refractivity contribution in [3.63, 3.8) is 0 Å². The fraction of sp³-hybridized carbons (Fsp3) is 0.231. The van der Waals surface area contributed by atoms with Crippen LogP contribution in [0.25, 0.3) is 0 Å². The maximum absolute atomic E-state index is 12.0. The molecule has 1 amide bonds. The van der Waals surface area contributed by atoms with E-state index in [0.29, 0.717) is 45.1 Å². The fourth-order valence-corrected chi connectivity index (χ4v) is 3.30. The highest BCUT2D eigenvalue weighted by Crippen LogP contribution is 2.24. The number of hydrogen-bond acceptors (Lipinski definition) is 9. The van der Waals surface area contributed by atoms with Gasteiger partial charge in [-0.25, -0.2) is 14.5 Å². The molecular formula is C26H26ClN7O4. The van der Waals surface area contributed by atoms with Crippen LogP contribution in [-0.4, -0.2) is 42.6 Å². The third-order valence-electron chi connectivity index (χ3n) is 4.81. The van der Waals surface area contributed by atoms with Crippen LogP contribution in [0.5, 0.6) is 11.5 Å². The number of aryl methyl sites for hydroxylation is 1. The van der Waals surface area contributed by atoms with E-state index in [4.69, 9.17) is 25.9 Å². The van der Waals surface area contributed by atoms with E-state index in [1.165, 1.54) is 4.68 Å². The molecule has 196 valence electrons. The van der Waals surface area contributed by atoms with Crippen molar-refractivity contribution in [3.05, 3.63) is 88.8 Å². The van der Waals surface area contributed by atoms with Gasteiger partial charge in [-0.2, -0.15) is 0 Å². The van der Waals surface area contributed by atoms with E-state index >= 15 is 0 Å². The fourth-order valence-electron chi connectivity index (χ4n) is 3.17. The first kappa shape index (κ1) is 26.6. The zero-order valence-corrected chi connectivity index (χ0v) is 22.0. The summed E-state index contributed by atoms with van der Waals surface area (Å²) in [7, 11) is 1.70. The van der Waals surface area contributed by atoms with Crippen molar-refractivity contribution in [1.82, 2.24) is 25.2 Å². The number of rotatable bonds is 8. The Morgan fingerprint density at radius 2 is 1.71 bits per heavy atom. The largest absolute Gasteiger partial charge is 0.457 e. The predicted molar refractivity (Wildman–Crippen MR) is 141 cm³/mol. The number of carbonyl (C=O) groups is 1. The second-order valence-corrected chi connectivity index (χ2v) is 9.50. The van der Waals surface area contributed by atoms with Gasteiger partial charge in [0.05, 0.1) is 5.69 Å². The zero-order valence-electron chi connectivity index (χ0n) is 21.3. The summed E-state index contributed by atoms with van der Waals surface area (Å²) in [6.07, 6.45) is -0.596. The first-order valence-electron chi connectivity index (χ1n) is 11.6. The first-order chi connectivity index (χ1) is 18.2. The second kappa shape index (κ2) is 11.7. The Hall–Kier alpha value is -4.51. The van der Waals surface area contributed by atoms with Gasteiger partial charge in [0.2, 0.25) is 5.82 Å². The number of tetrazole rings is 1. The third kappa shape index (κ3) is 7.50. The minimum absolute atomic E-state index is 0.0381. The minimum atomic E-state index is -0.620.